The third-order valence-corrected chi connectivity index (χ3v) is 3.34. The first-order valence-electron chi connectivity index (χ1n) is 6.47. The first-order valence-corrected chi connectivity index (χ1v) is 7.26. The lowest BCUT2D eigenvalue weighted by Crippen LogP contribution is -2.15. The Morgan fingerprint density at radius 2 is 1.64 bits per heavy atom. The van der Waals surface area contributed by atoms with Gasteiger partial charge in [0.25, 0.3) is 0 Å². The van der Waals surface area contributed by atoms with Crippen LogP contribution in [-0.2, 0) is 16.1 Å². The van der Waals surface area contributed by atoms with Gasteiger partial charge >= 0.3 is 5.97 Å². The van der Waals surface area contributed by atoms with Crippen LogP contribution in [0.2, 0.25) is 0 Å². The van der Waals surface area contributed by atoms with Crippen LogP contribution >= 0.6 is 15.9 Å². The van der Waals surface area contributed by atoms with Crippen LogP contribution in [0.3, 0.4) is 0 Å². The van der Waals surface area contributed by atoms with E-state index in [1.165, 1.54) is 0 Å². The van der Waals surface area contributed by atoms with E-state index in [0.717, 1.165) is 10.0 Å². The first-order chi connectivity index (χ1) is 10.5. The fourth-order valence-electron chi connectivity index (χ4n) is 1.64. The van der Waals surface area contributed by atoms with Crippen molar-refractivity contribution >= 4 is 27.8 Å². The van der Waals surface area contributed by atoms with Gasteiger partial charge in [0.05, 0.1) is 0 Å². The van der Waals surface area contributed by atoms with E-state index in [1.54, 1.807) is 36.4 Å². The number of rotatable bonds is 6. The van der Waals surface area contributed by atoms with Gasteiger partial charge in [0.2, 0.25) is 5.91 Å². The lowest BCUT2D eigenvalue weighted by atomic mass is 10.1. The van der Waals surface area contributed by atoms with Crippen LogP contribution in [0.4, 0.5) is 0 Å². The third kappa shape index (κ3) is 4.89. The molecular formula is C16H14BrNO4. The third-order valence-electron chi connectivity index (χ3n) is 2.81. The zero-order valence-electron chi connectivity index (χ0n) is 11.6. The number of ether oxygens (including phenoxy) is 2. The van der Waals surface area contributed by atoms with Crippen molar-refractivity contribution in [3.05, 3.63) is 64.1 Å². The molecule has 0 radical (unpaired) electrons. The van der Waals surface area contributed by atoms with Gasteiger partial charge in [0, 0.05) is 10.0 Å². The van der Waals surface area contributed by atoms with Crippen molar-refractivity contribution in [2.24, 2.45) is 5.73 Å². The van der Waals surface area contributed by atoms with Gasteiger partial charge in [-0.05, 0) is 42.0 Å². The zero-order chi connectivity index (χ0) is 15.9. The van der Waals surface area contributed by atoms with Crippen molar-refractivity contribution in [3.8, 4) is 5.75 Å². The predicted molar refractivity (Wildman–Crippen MR) is 84.4 cm³/mol. The Kier molecular flexibility index (Phi) is 5.55. The Bertz CT molecular complexity index is 653. The topological polar surface area (TPSA) is 78.6 Å². The summed E-state index contributed by atoms with van der Waals surface area (Å²) in [5.41, 5.74) is 6.32. The Morgan fingerprint density at radius 3 is 2.23 bits per heavy atom. The van der Waals surface area contributed by atoms with Gasteiger partial charge in [-0.25, -0.2) is 4.79 Å². The molecule has 2 rings (SSSR count). The maximum Gasteiger partial charge on any atom is 0.344 e. The minimum absolute atomic E-state index is 0.113. The quantitative estimate of drug-likeness (QED) is 0.800. The molecule has 0 atom stereocenters. The van der Waals surface area contributed by atoms with Crippen LogP contribution in [0.1, 0.15) is 15.9 Å². The van der Waals surface area contributed by atoms with Crippen molar-refractivity contribution in [1.82, 2.24) is 0 Å². The van der Waals surface area contributed by atoms with E-state index in [4.69, 9.17) is 15.2 Å². The Hall–Kier alpha value is -2.34. The standard InChI is InChI=1S/C16H14BrNO4/c17-13-5-7-14(8-6-13)21-10-15(19)22-9-11-1-3-12(4-2-11)16(18)20/h1-8H,9-10H2,(H2,18,20). The summed E-state index contributed by atoms with van der Waals surface area (Å²) in [6, 6.07) is 13.7. The number of halogens is 1. The summed E-state index contributed by atoms with van der Waals surface area (Å²) >= 11 is 3.31. The normalized spacial score (nSPS) is 10.0. The lowest BCUT2D eigenvalue weighted by Gasteiger charge is -2.07. The SMILES string of the molecule is NC(=O)c1ccc(COC(=O)COc2ccc(Br)cc2)cc1. The fourth-order valence-corrected chi connectivity index (χ4v) is 1.91. The van der Waals surface area contributed by atoms with Gasteiger partial charge in [-0.15, -0.1) is 0 Å². The molecule has 0 aliphatic heterocycles. The van der Waals surface area contributed by atoms with Crippen LogP contribution in [0.15, 0.2) is 53.0 Å². The summed E-state index contributed by atoms with van der Waals surface area (Å²) in [5.74, 6) is -0.376. The zero-order valence-corrected chi connectivity index (χ0v) is 13.2. The molecule has 5 nitrogen and oxygen atoms in total. The number of hydrogen-bond acceptors (Lipinski definition) is 4. The smallest absolute Gasteiger partial charge is 0.344 e. The maximum absolute atomic E-state index is 11.6. The Morgan fingerprint density at radius 1 is 1.00 bits per heavy atom. The van der Waals surface area contributed by atoms with Crippen molar-refractivity contribution < 1.29 is 19.1 Å². The summed E-state index contributed by atoms with van der Waals surface area (Å²) in [5, 5.41) is 0. The lowest BCUT2D eigenvalue weighted by molar-refractivity contribution is -0.147. The fraction of sp³-hybridized carbons (Fsp3) is 0.125. The van der Waals surface area contributed by atoms with Crippen molar-refractivity contribution in [3.63, 3.8) is 0 Å². The molecule has 0 fully saturated rings. The molecule has 0 spiro atoms. The summed E-state index contributed by atoms with van der Waals surface area (Å²) < 4.78 is 11.3. The van der Waals surface area contributed by atoms with Crippen molar-refractivity contribution in [2.75, 3.05) is 6.61 Å². The highest BCUT2D eigenvalue weighted by Gasteiger charge is 2.06. The van der Waals surface area contributed by atoms with Gasteiger partial charge < -0.3 is 15.2 Å². The van der Waals surface area contributed by atoms with Crippen LogP contribution < -0.4 is 10.5 Å². The summed E-state index contributed by atoms with van der Waals surface area (Å²) in [7, 11) is 0. The highest BCUT2D eigenvalue weighted by Crippen LogP contribution is 2.16. The van der Waals surface area contributed by atoms with Crippen LogP contribution in [0.5, 0.6) is 5.75 Å². The van der Waals surface area contributed by atoms with E-state index < -0.39 is 11.9 Å². The average Bonchev–Trinajstić information content (AvgIpc) is 2.52. The number of carbonyl (C=O) groups is 2. The van der Waals surface area contributed by atoms with Crippen molar-refractivity contribution in [2.45, 2.75) is 6.61 Å². The molecule has 22 heavy (non-hydrogen) atoms. The van der Waals surface area contributed by atoms with E-state index in [-0.39, 0.29) is 13.2 Å². The second-order valence-corrected chi connectivity index (χ2v) is 5.38. The minimum Gasteiger partial charge on any atom is -0.482 e. The molecule has 0 saturated carbocycles. The summed E-state index contributed by atoms with van der Waals surface area (Å²) in [6.45, 7) is -0.0530. The molecule has 0 unspecified atom stereocenters. The highest BCUT2D eigenvalue weighted by atomic mass is 79.9. The first kappa shape index (κ1) is 16.0. The maximum atomic E-state index is 11.6. The van der Waals surface area contributed by atoms with Gasteiger partial charge in [0.15, 0.2) is 6.61 Å². The molecule has 114 valence electrons. The Labute approximate surface area is 136 Å². The molecule has 0 bridgehead atoms. The van der Waals surface area contributed by atoms with Crippen LogP contribution in [-0.4, -0.2) is 18.5 Å². The molecule has 0 saturated heterocycles. The van der Waals surface area contributed by atoms with Crippen LogP contribution in [0, 0.1) is 0 Å². The number of carbonyl (C=O) groups excluding carboxylic acids is 2. The van der Waals surface area contributed by atoms with E-state index >= 15 is 0 Å². The van der Waals surface area contributed by atoms with Gasteiger partial charge in [-0.1, -0.05) is 28.1 Å². The van der Waals surface area contributed by atoms with E-state index in [2.05, 4.69) is 15.9 Å². The number of amides is 1. The summed E-state index contributed by atoms with van der Waals surface area (Å²) in [4.78, 5) is 22.5. The molecule has 0 aliphatic carbocycles. The van der Waals surface area contributed by atoms with Gasteiger partial charge in [-0.2, -0.15) is 0 Å². The van der Waals surface area contributed by atoms with Gasteiger partial charge in [0.1, 0.15) is 12.4 Å². The monoisotopic (exact) mass is 363 g/mol. The van der Waals surface area contributed by atoms with Gasteiger partial charge in [-0.3, -0.25) is 4.79 Å². The van der Waals surface area contributed by atoms with Crippen LogP contribution in [0.25, 0.3) is 0 Å². The van der Waals surface area contributed by atoms with Crippen molar-refractivity contribution in [1.29, 1.82) is 0 Å². The molecule has 2 aromatic rings. The number of benzene rings is 2. The average molecular weight is 364 g/mol. The van der Waals surface area contributed by atoms with E-state index in [0.29, 0.717) is 11.3 Å². The van der Waals surface area contributed by atoms with E-state index in [9.17, 15) is 9.59 Å². The predicted octanol–water partition coefficient (Wildman–Crippen LogP) is 2.67. The second kappa shape index (κ2) is 7.61. The summed E-state index contributed by atoms with van der Waals surface area (Å²) in [6.07, 6.45) is 0. The molecule has 6 heteroatoms. The van der Waals surface area contributed by atoms with E-state index in [1.807, 2.05) is 12.1 Å². The molecule has 0 aliphatic rings. The number of nitrogens with two attached hydrogens (primary N) is 1. The molecule has 0 aromatic heterocycles. The highest BCUT2D eigenvalue weighted by molar-refractivity contribution is 9.10. The Balaban J connectivity index is 1.77. The number of esters is 1. The largest absolute Gasteiger partial charge is 0.482 e. The molecular weight excluding hydrogens is 350 g/mol. The minimum atomic E-state index is -0.494. The molecule has 2 N–H and O–H groups in total. The number of primary amides is 1. The molecule has 2 aromatic carbocycles. The second-order valence-electron chi connectivity index (χ2n) is 4.46. The molecule has 1 amide bonds. The molecule has 0 heterocycles. The number of hydrogen-bond donors (Lipinski definition) is 1.